The van der Waals surface area contributed by atoms with Crippen LogP contribution in [-0.4, -0.2) is 49.9 Å². The van der Waals surface area contributed by atoms with Gasteiger partial charge in [-0.3, -0.25) is 0 Å². The van der Waals surface area contributed by atoms with E-state index < -0.39 is 17.7 Å². The Morgan fingerprint density at radius 3 is 2.35 bits per heavy atom. The lowest BCUT2D eigenvalue weighted by molar-refractivity contribution is -0.222. The third kappa shape index (κ3) is 4.56. The van der Waals surface area contributed by atoms with E-state index in [0.717, 1.165) is 6.54 Å². The van der Waals surface area contributed by atoms with Gasteiger partial charge in [-0.2, -0.15) is 0 Å². The fourth-order valence-corrected chi connectivity index (χ4v) is 2.00. The molecule has 0 aromatic heterocycles. The first-order valence-corrected chi connectivity index (χ1v) is 7.33. The van der Waals surface area contributed by atoms with Crippen LogP contribution in [0.2, 0.25) is 0 Å². The Balaban J connectivity index is 2.22. The molecule has 0 saturated carbocycles. The molecule has 1 aromatic rings. The number of para-hydroxylation sites is 1. The van der Waals surface area contributed by atoms with Crippen molar-refractivity contribution in [3.63, 3.8) is 0 Å². The summed E-state index contributed by atoms with van der Waals surface area (Å²) in [5.41, 5.74) is 0.475. The number of rotatable bonds is 5. The molecule has 2 rings (SSSR count). The quantitative estimate of drug-likeness (QED) is 0.469. The van der Waals surface area contributed by atoms with Gasteiger partial charge in [-0.25, -0.2) is 9.59 Å². The van der Waals surface area contributed by atoms with Crippen LogP contribution in [0.5, 0.6) is 5.75 Å². The fourth-order valence-electron chi connectivity index (χ4n) is 2.00. The van der Waals surface area contributed by atoms with Crippen LogP contribution >= 0.6 is 0 Å². The van der Waals surface area contributed by atoms with E-state index in [-0.39, 0.29) is 5.57 Å². The lowest BCUT2D eigenvalue weighted by Gasteiger charge is -2.29. The molecule has 1 aromatic carbocycles. The van der Waals surface area contributed by atoms with E-state index in [1.807, 2.05) is 25.1 Å². The van der Waals surface area contributed by atoms with Crippen molar-refractivity contribution in [3.05, 3.63) is 35.4 Å². The Bertz CT molecular complexity index is 612. The van der Waals surface area contributed by atoms with Gasteiger partial charge in [-0.15, -0.1) is 0 Å². The minimum Gasteiger partial charge on any atom is -0.492 e. The summed E-state index contributed by atoms with van der Waals surface area (Å²) in [6, 6.07) is 7.17. The summed E-state index contributed by atoms with van der Waals surface area (Å²) >= 11 is 0. The summed E-state index contributed by atoms with van der Waals surface area (Å²) in [5, 5.41) is 0. The van der Waals surface area contributed by atoms with Gasteiger partial charge >= 0.3 is 11.9 Å². The molecule has 6 heteroatoms. The Morgan fingerprint density at radius 1 is 1.13 bits per heavy atom. The Hall–Kier alpha value is -2.34. The van der Waals surface area contributed by atoms with Crippen LogP contribution in [0.4, 0.5) is 0 Å². The molecule has 1 aliphatic rings. The average Bonchev–Trinajstić information content (AvgIpc) is 2.43. The second-order valence-electron chi connectivity index (χ2n) is 5.93. The number of carbonyl (C=O) groups excluding carboxylic acids is 2. The van der Waals surface area contributed by atoms with Crippen LogP contribution in [0.3, 0.4) is 0 Å². The molecular formula is C17H21NO5. The lowest BCUT2D eigenvalue weighted by Crippen LogP contribution is -2.41. The van der Waals surface area contributed by atoms with Crippen molar-refractivity contribution in [2.24, 2.45) is 0 Å². The van der Waals surface area contributed by atoms with Crippen LogP contribution in [0.1, 0.15) is 19.4 Å². The molecule has 1 aliphatic heterocycles. The molecule has 0 aliphatic carbocycles. The maximum absolute atomic E-state index is 12.0. The highest BCUT2D eigenvalue weighted by Crippen LogP contribution is 2.27. The zero-order valence-electron chi connectivity index (χ0n) is 13.8. The van der Waals surface area contributed by atoms with Gasteiger partial charge in [0.2, 0.25) is 0 Å². The van der Waals surface area contributed by atoms with E-state index in [1.165, 1.54) is 19.9 Å². The van der Waals surface area contributed by atoms with Crippen molar-refractivity contribution in [1.82, 2.24) is 4.90 Å². The maximum Gasteiger partial charge on any atom is 0.348 e. The second kappa shape index (κ2) is 6.83. The summed E-state index contributed by atoms with van der Waals surface area (Å²) in [7, 11) is 3.90. The van der Waals surface area contributed by atoms with Crippen molar-refractivity contribution >= 4 is 18.0 Å². The monoisotopic (exact) mass is 319 g/mol. The highest BCUT2D eigenvalue weighted by Gasteiger charge is 2.38. The first kappa shape index (κ1) is 17.0. The van der Waals surface area contributed by atoms with Crippen LogP contribution in [0, 0.1) is 0 Å². The fraction of sp³-hybridized carbons (Fsp3) is 0.412. The molecule has 1 saturated heterocycles. The number of hydrogen-bond acceptors (Lipinski definition) is 6. The minimum absolute atomic E-state index is 0.145. The molecule has 6 nitrogen and oxygen atoms in total. The molecule has 1 heterocycles. The van der Waals surface area contributed by atoms with Crippen LogP contribution in [0.25, 0.3) is 6.08 Å². The van der Waals surface area contributed by atoms with Gasteiger partial charge in [-0.1, -0.05) is 18.2 Å². The number of cyclic esters (lactones) is 2. The third-order valence-corrected chi connectivity index (χ3v) is 3.13. The number of nitrogens with zero attached hydrogens (tertiary/aromatic N) is 1. The van der Waals surface area contributed by atoms with Gasteiger partial charge in [-0.05, 0) is 26.2 Å². The van der Waals surface area contributed by atoms with Crippen LogP contribution in [0.15, 0.2) is 29.8 Å². The molecule has 23 heavy (non-hydrogen) atoms. The number of likely N-dealkylation sites (N-methyl/N-ethyl adjacent to an activating group) is 1. The predicted octanol–water partition coefficient (Wildman–Crippen LogP) is 1.85. The van der Waals surface area contributed by atoms with E-state index in [0.29, 0.717) is 17.9 Å². The molecule has 0 bridgehead atoms. The molecule has 0 spiro atoms. The van der Waals surface area contributed by atoms with Crippen molar-refractivity contribution < 1.29 is 23.8 Å². The molecule has 1 fully saturated rings. The molecule has 0 N–H and O–H groups in total. The molecule has 0 radical (unpaired) electrons. The molecule has 0 unspecified atom stereocenters. The SMILES string of the molecule is CN(C)CCOc1ccccc1C=C1C(=O)OC(C)(C)OC1=O. The Labute approximate surface area is 135 Å². The zero-order chi connectivity index (χ0) is 17.0. The number of ether oxygens (including phenoxy) is 3. The Morgan fingerprint density at radius 2 is 1.74 bits per heavy atom. The summed E-state index contributed by atoms with van der Waals surface area (Å²) < 4.78 is 15.9. The maximum atomic E-state index is 12.0. The Kier molecular flexibility index (Phi) is 5.05. The number of benzene rings is 1. The number of carbonyl (C=O) groups is 2. The molecule has 0 atom stereocenters. The van der Waals surface area contributed by atoms with Crippen molar-refractivity contribution in [2.45, 2.75) is 19.6 Å². The zero-order valence-corrected chi connectivity index (χ0v) is 13.8. The summed E-state index contributed by atoms with van der Waals surface area (Å²) in [4.78, 5) is 26.0. The van der Waals surface area contributed by atoms with Gasteiger partial charge < -0.3 is 19.1 Å². The number of esters is 2. The van der Waals surface area contributed by atoms with E-state index in [2.05, 4.69) is 0 Å². The predicted molar refractivity (Wildman–Crippen MR) is 84.7 cm³/mol. The van der Waals surface area contributed by atoms with Crippen molar-refractivity contribution in [2.75, 3.05) is 27.2 Å². The van der Waals surface area contributed by atoms with Crippen LogP contribution < -0.4 is 4.74 Å². The first-order valence-electron chi connectivity index (χ1n) is 7.33. The highest BCUT2D eigenvalue weighted by molar-refractivity contribution is 6.19. The standard InChI is InChI=1S/C17H21NO5/c1-17(2)22-15(19)13(16(20)23-17)11-12-7-5-6-8-14(12)21-10-9-18(3)4/h5-8,11H,9-10H2,1-4H3. The molecule has 0 amide bonds. The van der Waals surface area contributed by atoms with Crippen LogP contribution in [-0.2, 0) is 19.1 Å². The first-order chi connectivity index (χ1) is 10.8. The highest BCUT2D eigenvalue weighted by atomic mass is 16.7. The van der Waals surface area contributed by atoms with E-state index in [1.54, 1.807) is 18.2 Å². The molecule has 124 valence electrons. The van der Waals surface area contributed by atoms with Gasteiger partial charge in [0.05, 0.1) is 0 Å². The van der Waals surface area contributed by atoms with Gasteiger partial charge in [0, 0.05) is 26.0 Å². The van der Waals surface area contributed by atoms with E-state index in [4.69, 9.17) is 14.2 Å². The topological polar surface area (TPSA) is 65.1 Å². The van der Waals surface area contributed by atoms with Crippen molar-refractivity contribution in [1.29, 1.82) is 0 Å². The number of hydrogen-bond donors (Lipinski definition) is 0. The van der Waals surface area contributed by atoms with Gasteiger partial charge in [0.1, 0.15) is 17.9 Å². The van der Waals surface area contributed by atoms with E-state index >= 15 is 0 Å². The van der Waals surface area contributed by atoms with E-state index in [9.17, 15) is 9.59 Å². The van der Waals surface area contributed by atoms with Gasteiger partial charge in [0.15, 0.2) is 0 Å². The second-order valence-corrected chi connectivity index (χ2v) is 5.93. The summed E-state index contributed by atoms with van der Waals surface area (Å²) in [6.07, 6.45) is 1.44. The molecular weight excluding hydrogens is 298 g/mol. The van der Waals surface area contributed by atoms with Gasteiger partial charge in [0.25, 0.3) is 5.79 Å². The lowest BCUT2D eigenvalue weighted by atomic mass is 10.1. The normalized spacial score (nSPS) is 16.8. The average molecular weight is 319 g/mol. The summed E-state index contributed by atoms with van der Waals surface area (Å²) in [6.45, 7) is 4.27. The minimum atomic E-state index is -1.24. The van der Waals surface area contributed by atoms with Crippen molar-refractivity contribution in [3.8, 4) is 5.75 Å². The third-order valence-electron chi connectivity index (χ3n) is 3.13. The summed E-state index contributed by atoms with van der Waals surface area (Å²) in [5.74, 6) is -2.05. The smallest absolute Gasteiger partial charge is 0.348 e. The largest absolute Gasteiger partial charge is 0.492 e.